The molecule has 10 heavy (non-hydrogen) atoms. The van der Waals surface area contributed by atoms with Gasteiger partial charge in [-0.1, -0.05) is 13.3 Å². The standard InChI is InChI=1S/C8H15NO/c1-2-8-3-4-9(7-8)5-6-10/h6,8H,2-5,7H2,1H3. The SMILES string of the molecule is CCC1CCN(CC=O)C1. The first kappa shape index (κ1) is 7.73. The van der Waals surface area contributed by atoms with E-state index in [1.54, 1.807) is 0 Å². The zero-order valence-corrected chi connectivity index (χ0v) is 6.55. The lowest BCUT2D eigenvalue weighted by atomic mass is 10.1. The van der Waals surface area contributed by atoms with Gasteiger partial charge in [-0.2, -0.15) is 0 Å². The van der Waals surface area contributed by atoms with Gasteiger partial charge in [0.15, 0.2) is 0 Å². The first-order valence-corrected chi connectivity index (χ1v) is 4.02. The van der Waals surface area contributed by atoms with Crippen molar-refractivity contribution in [3.05, 3.63) is 0 Å². The molecular weight excluding hydrogens is 126 g/mol. The van der Waals surface area contributed by atoms with E-state index in [0.29, 0.717) is 6.54 Å². The zero-order chi connectivity index (χ0) is 7.40. The van der Waals surface area contributed by atoms with E-state index < -0.39 is 0 Å². The van der Waals surface area contributed by atoms with Crippen molar-refractivity contribution in [2.24, 2.45) is 5.92 Å². The van der Waals surface area contributed by atoms with E-state index in [0.717, 1.165) is 25.3 Å². The largest absolute Gasteiger partial charge is 0.302 e. The minimum absolute atomic E-state index is 0.635. The van der Waals surface area contributed by atoms with Gasteiger partial charge in [0.05, 0.1) is 6.54 Å². The third-order valence-electron chi connectivity index (χ3n) is 2.28. The van der Waals surface area contributed by atoms with Crippen molar-refractivity contribution >= 4 is 6.29 Å². The minimum atomic E-state index is 0.635. The van der Waals surface area contributed by atoms with Gasteiger partial charge in [0.2, 0.25) is 0 Å². The second kappa shape index (κ2) is 3.71. The van der Waals surface area contributed by atoms with Crippen LogP contribution in [-0.2, 0) is 4.79 Å². The highest BCUT2D eigenvalue weighted by atomic mass is 16.1. The van der Waals surface area contributed by atoms with Crippen molar-refractivity contribution in [1.82, 2.24) is 4.90 Å². The lowest BCUT2D eigenvalue weighted by Gasteiger charge is -2.10. The second-order valence-electron chi connectivity index (χ2n) is 2.99. The van der Waals surface area contributed by atoms with Crippen molar-refractivity contribution in [2.75, 3.05) is 19.6 Å². The third-order valence-corrected chi connectivity index (χ3v) is 2.28. The predicted molar refractivity (Wildman–Crippen MR) is 40.9 cm³/mol. The molecule has 0 aliphatic carbocycles. The number of aldehydes is 1. The molecule has 0 bridgehead atoms. The first-order chi connectivity index (χ1) is 4.86. The van der Waals surface area contributed by atoms with Crippen molar-refractivity contribution in [3.8, 4) is 0 Å². The summed E-state index contributed by atoms with van der Waals surface area (Å²) in [6, 6.07) is 0. The van der Waals surface area contributed by atoms with Crippen LogP contribution in [0.3, 0.4) is 0 Å². The van der Waals surface area contributed by atoms with Crippen LogP contribution in [0.5, 0.6) is 0 Å². The van der Waals surface area contributed by atoms with E-state index in [4.69, 9.17) is 0 Å². The molecule has 0 aromatic carbocycles. The maximum atomic E-state index is 10.1. The average molecular weight is 141 g/mol. The Kier molecular flexibility index (Phi) is 2.87. The van der Waals surface area contributed by atoms with Gasteiger partial charge < -0.3 is 4.79 Å². The third kappa shape index (κ3) is 1.81. The van der Waals surface area contributed by atoms with Crippen molar-refractivity contribution < 1.29 is 4.79 Å². The molecule has 0 amide bonds. The normalized spacial score (nSPS) is 27.1. The topological polar surface area (TPSA) is 20.3 Å². The van der Waals surface area contributed by atoms with Crippen LogP contribution in [0.2, 0.25) is 0 Å². The molecule has 1 saturated heterocycles. The number of hydrogen-bond acceptors (Lipinski definition) is 2. The summed E-state index contributed by atoms with van der Waals surface area (Å²) >= 11 is 0. The Labute approximate surface area is 62.2 Å². The fraction of sp³-hybridized carbons (Fsp3) is 0.875. The van der Waals surface area contributed by atoms with E-state index in [-0.39, 0.29) is 0 Å². The molecule has 0 radical (unpaired) electrons. The second-order valence-corrected chi connectivity index (χ2v) is 2.99. The quantitative estimate of drug-likeness (QED) is 0.545. The van der Waals surface area contributed by atoms with Crippen molar-refractivity contribution in [1.29, 1.82) is 0 Å². The zero-order valence-electron chi connectivity index (χ0n) is 6.55. The van der Waals surface area contributed by atoms with Crippen LogP contribution in [0.25, 0.3) is 0 Å². The molecule has 0 aromatic rings. The van der Waals surface area contributed by atoms with E-state index >= 15 is 0 Å². The molecule has 0 saturated carbocycles. The van der Waals surface area contributed by atoms with Crippen LogP contribution in [0, 0.1) is 5.92 Å². The van der Waals surface area contributed by atoms with Crippen LogP contribution >= 0.6 is 0 Å². The molecule has 1 rings (SSSR count). The molecular formula is C8H15NO. The maximum absolute atomic E-state index is 10.1. The van der Waals surface area contributed by atoms with Gasteiger partial charge in [-0.25, -0.2) is 0 Å². The molecule has 1 fully saturated rings. The number of carbonyl (C=O) groups excluding carboxylic acids is 1. The molecule has 1 aliphatic heterocycles. The first-order valence-electron chi connectivity index (χ1n) is 4.02. The molecule has 1 heterocycles. The highest BCUT2D eigenvalue weighted by Gasteiger charge is 2.19. The summed E-state index contributed by atoms with van der Waals surface area (Å²) in [5.41, 5.74) is 0. The number of carbonyl (C=O) groups is 1. The Morgan fingerprint density at radius 1 is 1.70 bits per heavy atom. The van der Waals surface area contributed by atoms with Crippen molar-refractivity contribution in [2.45, 2.75) is 19.8 Å². The van der Waals surface area contributed by atoms with E-state index in [2.05, 4.69) is 11.8 Å². The van der Waals surface area contributed by atoms with Crippen LogP contribution in [0.1, 0.15) is 19.8 Å². The Hall–Kier alpha value is -0.370. The lowest BCUT2D eigenvalue weighted by Crippen LogP contribution is -2.22. The molecule has 0 N–H and O–H groups in total. The van der Waals surface area contributed by atoms with Crippen LogP contribution in [0.4, 0.5) is 0 Å². The van der Waals surface area contributed by atoms with Gasteiger partial charge in [-0.3, -0.25) is 4.90 Å². The fourth-order valence-corrected chi connectivity index (χ4v) is 1.52. The van der Waals surface area contributed by atoms with Gasteiger partial charge in [-0.15, -0.1) is 0 Å². The Morgan fingerprint density at radius 3 is 3.00 bits per heavy atom. The van der Waals surface area contributed by atoms with Crippen LogP contribution in [-0.4, -0.2) is 30.8 Å². The lowest BCUT2D eigenvalue weighted by molar-refractivity contribution is -0.108. The highest BCUT2D eigenvalue weighted by Crippen LogP contribution is 2.17. The summed E-state index contributed by atoms with van der Waals surface area (Å²) in [6.45, 7) is 5.11. The smallest absolute Gasteiger partial charge is 0.133 e. The average Bonchev–Trinajstić information content (AvgIpc) is 2.37. The minimum Gasteiger partial charge on any atom is -0.302 e. The van der Waals surface area contributed by atoms with Gasteiger partial charge in [-0.05, 0) is 18.9 Å². The van der Waals surface area contributed by atoms with E-state index in [9.17, 15) is 4.79 Å². The summed E-state index contributed by atoms with van der Waals surface area (Å²) in [5, 5.41) is 0. The maximum Gasteiger partial charge on any atom is 0.133 e. The number of likely N-dealkylation sites (tertiary alicyclic amines) is 1. The molecule has 1 atom stereocenters. The molecule has 58 valence electrons. The molecule has 2 nitrogen and oxygen atoms in total. The van der Waals surface area contributed by atoms with Gasteiger partial charge >= 0.3 is 0 Å². The Morgan fingerprint density at radius 2 is 2.50 bits per heavy atom. The van der Waals surface area contributed by atoms with Gasteiger partial charge in [0, 0.05) is 6.54 Å². The molecule has 1 unspecified atom stereocenters. The Balaban J connectivity index is 2.21. The van der Waals surface area contributed by atoms with Crippen molar-refractivity contribution in [3.63, 3.8) is 0 Å². The number of hydrogen-bond donors (Lipinski definition) is 0. The van der Waals surface area contributed by atoms with Gasteiger partial charge in [0.1, 0.15) is 6.29 Å². The molecule has 0 aromatic heterocycles. The van der Waals surface area contributed by atoms with Crippen LogP contribution in [0.15, 0.2) is 0 Å². The highest BCUT2D eigenvalue weighted by molar-refractivity contribution is 5.52. The number of nitrogens with zero attached hydrogens (tertiary/aromatic N) is 1. The monoisotopic (exact) mass is 141 g/mol. The molecule has 1 aliphatic rings. The molecule has 2 heteroatoms. The van der Waals surface area contributed by atoms with E-state index in [1.165, 1.54) is 12.8 Å². The predicted octanol–water partition coefficient (Wildman–Crippen LogP) is 0.917. The summed E-state index contributed by atoms with van der Waals surface area (Å²) in [4.78, 5) is 12.3. The summed E-state index contributed by atoms with van der Waals surface area (Å²) < 4.78 is 0. The Bertz CT molecular complexity index is 114. The summed E-state index contributed by atoms with van der Waals surface area (Å²) in [7, 11) is 0. The number of rotatable bonds is 3. The summed E-state index contributed by atoms with van der Waals surface area (Å²) in [6.07, 6.45) is 3.54. The summed E-state index contributed by atoms with van der Waals surface area (Å²) in [5.74, 6) is 0.847. The van der Waals surface area contributed by atoms with Gasteiger partial charge in [0.25, 0.3) is 0 Å². The van der Waals surface area contributed by atoms with E-state index in [1.807, 2.05) is 0 Å². The fourth-order valence-electron chi connectivity index (χ4n) is 1.52. The molecule has 0 spiro atoms. The van der Waals surface area contributed by atoms with Crippen LogP contribution < -0.4 is 0 Å².